The van der Waals surface area contributed by atoms with Gasteiger partial charge in [0.1, 0.15) is 5.69 Å². The second-order valence-electron chi connectivity index (χ2n) is 4.83. The van der Waals surface area contributed by atoms with Gasteiger partial charge < -0.3 is 5.73 Å². The van der Waals surface area contributed by atoms with E-state index in [4.69, 9.17) is 5.73 Å². The summed E-state index contributed by atoms with van der Waals surface area (Å²) in [6.45, 7) is 1.87. The molecule has 0 bridgehead atoms. The molecule has 1 aromatic rings. The second kappa shape index (κ2) is 5.24. The smallest absolute Gasteiger partial charge is 0.332 e. The summed E-state index contributed by atoms with van der Waals surface area (Å²) >= 11 is 1.65. The van der Waals surface area contributed by atoms with Gasteiger partial charge in [0, 0.05) is 19.8 Å². The summed E-state index contributed by atoms with van der Waals surface area (Å²) in [6.07, 6.45) is 2.57. The maximum absolute atomic E-state index is 11.8. The van der Waals surface area contributed by atoms with Crippen LogP contribution in [0.3, 0.4) is 0 Å². The molecule has 1 fully saturated rings. The van der Waals surface area contributed by atoms with Crippen LogP contribution >= 0.6 is 11.8 Å². The first kappa shape index (κ1) is 13.9. The molecule has 0 amide bonds. The SMILES string of the molecule is C/C(=N\c1c(N)c(=O)n(C)c(=O)n1C)SCC1CC1. The van der Waals surface area contributed by atoms with Crippen molar-refractivity contribution in [3.63, 3.8) is 0 Å². The number of thioether (sulfide) groups is 1. The molecule has 19 heavy (non-hydrogen) atoms. The summed E-state index contributed by atoms with van der Waals surface area (Å²) in [5.41, 5.74) is 4.85. The van der Waals surface area contributed by atoms with Crippen LogP contribution in [0, 0.1) is 5.92 Å². The predicted octanol–water partition coefficient (Wildman–Crippen LogP) is 0.859. The Morgan fingerprint density at radius 2 is 2.00 bits per heavy atom. The molecule has 1 saturated carbocycles. The topological polar surface area (TPSA) is 82.4 Å². The standard InChI is InChI=1S/C12H18N4O2S/c1-7(19-6-8-4-5-8)14-10-9(13)11(17)16(3)12(18)15(10)2/h8H,4-6,13H2,1-3H3/b14-7+. The molecule has 0 aromatic carbocycles. The second-order valence-corrected chi connectivity index (χ2v) is 6.04. The van der Waals surface area contributed by atoms with Crippen LogP contribution in [-0.2, 0) is 14.1 Å². The molecule has 0 unspecified atom stereocenters. The van der Waals surface area contributed by atoms with Crippen molar-refractivity contribution in [2.75, 3.05) is 11.5 Å². The minimum absolute atomic E-state index is 0.0102. The van der Waals surface area contributed by atoms with E-state index in [1.54, 1.807) is 18.8 Å². The lowest BCUT2D eigenvalue weighted by molar-refractivity contribution is 0.693. The lowest BCUT2D eigenvalue weighted by atomic mass is 10.4. The van der Waals surface area contributed by atoms with Crippen LogP contribution in [0.15, 0.2) is 14.6 Å². The Kier molecular flexibility index (Phi) is 3.84. The van der Waals surface area contributed by atoms with Gasteiger partial charge in [-0.15, -0.1) is 11.8 Å². The van der Waals surface area contributed by atoms with Crippen LogP contribution in [0.5, 0.6) is 0 Å². The van der Waals surface area contributed by atoms with Crippen LogP contribution in [0.2, 0.25) is 0 Å². The van der Waals surface area contributed by atoms with Gasteiger partial charge in [0.2, 0.25) is 0 Å². The molecule has 1 aliphatic carbocycles. The average molecular weight is 282 g/mol. The fourth-order valence-electron chi connectivity index (χ4n) is 1.70. The highest BCUT2D eigenvalue weighted by Crippen LogP contribution is 2.33. The van der Waals surface area contributed by atoms with Crippen LogP contribution in [0.25, 0.3) is 0 Å². The molecule has 0 saturated heterocycles. The lowest BCUT2D eigenvalue weighted by Gasteiger charge is -2.09. The largest absolute Gasteiger partial charge is 0.391 e. The van der Waals surface area contributed by atoms with E-state index in [-0.39, 0.29) is 11.5 Å². The van der Waals surface area contributed by atoms with Gasteiger partial charge in [-0.05, 0) is 25.7 Å². The van der Waals surface area contributed by atoms with Crippen molar-refractivity contribution in [1.82, 2.24) is 9.13 Å². The van der Waals surface area contributed by atoms with Crippen molar-refractivity contribution in [2.45, 2.75) is 19.8 Å². The minimum atomic E-state index is -0.498. The van der Waals surface area contributed by atoms with Gasteiger partial charge >= 0.3 is 5.69 Å². The van der Waals surface area contributed by atoms with Crippen molar-refractivity contribution >= 4 is 28.3 Å². The number of nitrogen functional groups attached to an aromatic ring is 1. The highest BCUT2D eigenvalue weighted by molar-refractivity contribution is 8.13. The zero-order valence-electron chi connectivity index (χ0n) is 11.3. The van der Waals surface area contributed by atoms with Crippen molar-refractivity contribution in [3.8, 4) is 0 Å². The Hall–Kier alpha value is -1.50. The Morgan fingerprint density at radius 1 is 1.37 bits per heavy atom. The summed E-state index contributed by atoms with van der Waals surface area (Å²) in [7, 11) is 2.97. The van der Waals surface area contributed by atoms with E-state index in [9.17, 15) is 9.59 Å². The van der Waals surface area contributed by atoms with Crippen molar-refractivity contribution < 1.29 is 0 Å². The third-order valence-corrected chi connectivity index (χ3v) is 4.30. The number of aliphatic imine (C=N–C) groups is 1. The monoisotopic (exact) mass is 282 g/mol. The molecular weight excluding hydrogens is 264 g/mol. The molecule has 0 spiro atoms. The molecular formula is C12H18N4O2S. The average Bonchev–Trinajstić information content (AvgIpc) is 3.21. The molecule has 0 radical (unpaired) electrons. The molecule has 7 heteroatoms. The number of rotatable bonds is 3. The number of nitrogens with two attached hydrogens (primary N) is 1. The van der Waals surface area contributed by atoms with Gasteiger partial charge in [-0.2, -0.15) is 0 Å². The highest BCUT2D eigenvalue weighted by atomic mass is 32.2. The number of hydrogen-bond donors (Lipinski definition) is 1. The minimum Gasteiger partial charge on any atom is -0.391 e. The summed E-state index contributed by atoms with van der Waals surface area (Å²) in [5.74, 6) is 2.07. The third kappa shape index (κ3) is 2.91. The quantitative estimate of drug-likeness (QED) is 0.658. The van der Waals surface area contributed by atoms with Gasteiger partial charge in [-0.1, -0.05) is 0 Å². The van der Waals surface area contributed by atoms with Crippen LogP contribution in [0.1, 0.15) is 19.8 Å². The Balaban J connectivity index is 2.36. The van der Waals surface area contributed by atoms with Gasteiger partial charge in [0.25, 0.3) is 5.56 Å². The first-order chi connectivity index (χ1) is 8.91. The van der Waals surface area contributed by atoms with Crippen molar-refractivity contribution in [3.05, 3.63) is 20.8 Å². The zero-order valence-corrected chi connectivity index (χ0v) is 12.2. The highest BCUT2D eigenvalue weighted by Gasteiger charge is 2.21. The van der Waals surface area contributed by atoms with E-state index in [0.717, 1.165) is 21.3 Å². The number of anilines is 1. The van der Waals surface area contributed by atoms with Crippen molar-refractivity contribution in [1.29, 1.82) is 0 Å². The first-order valence-electron chi connectivity index (χ1n) is 6.15. The van der Waals surface area contributed by atoms with E-state index < -0.39 is 11.2 Å². The molecule has 2 rings (SSSR count). The summed E-state index contributed by atoms with van der Waals surface area (Å²) in [5, 5.41) is 0.821. The molecule has 1 aromatic heterocycles. The van der Waals surface area contributed by atoms with Gasteiger partial charge in [0.15, 0.2) is 5.82 Å². The van der Waals surface area contributed by atoms with E-state index >= 15 is 0 Å². The number of nitrogens with zero attached hydrogens (tertiary/aromatic N) is 3. The van der Waals surface area contributed by atoms with E-state index in [1.165, 1.54) is 24.5 Å². The predicted molar refractivity (Wildman–Crippen MR) is 79.3 cm³/mol. The zero-order chi connectivity index (χ0) is 14.2. The van der Waals surface area contributed by atoms with Crippen LogP contribution < -0.4 is 17.0 Å². The Bertz CT molecular complexity index is 603. The molecule has 104 valence electrons. The first-order valence-corrected chi connectivity index (χ1v) is 7.14. The summed E-state index contributed by atoms with van der Waals surface area (Å²) in [4.78, 5) is 27.9. The molecule has 6 nitrogen and oxygen atoms in total. The van der Waals surface area contributed by atoms with E-state index in [1.807, 2.05) is 6.92 Å². The molecule has 0 aliphatic heterocycles. The summed E-state index contributed by atoms with van der Waals surface area (Å²) < 4.78 is 2.29. The van der Waals surface area contributed by atoms with Crippen molar-refractivity contribution in [2.24, 2.45) is 25.0 Å². The van der Waals surface area contributed by atoms with Crippen LogP contribution in [0.4, 0.5) is 11.5 Å². The van der Waals surface area contributed by atoms with Crippen LogP contribution in [-0.4, -0.2) is 19.9 Å². The number of aromatic nitrogens is 2. The summed E-state index contributed by atoms with van der Waals surface area (Å²) in [6, 6.07) is 0. The fraction of sp³-hybridized carbons (Fsp3) is 0.583. The maximum Gasteiger partial charge on any atom is 0.332 e. The molecule has 2 N–H and O–H groups in total. The third-order valence-electron chi connectivity index (χ3n) is 3.16. The van der Waals surface area contributed by atoms with E-state index in [2.05, 4.69) is 4.99 Å². The van der Waals surface area contributed by atoms with Gasteiger partial charge in [0.05, 0.1) is 5.04 Å². The molecule has 0 atom stereocenters. The molecule has 1 aliphatic rings. The Labute approximate surface area is 115 Å². The van der Waals surface area contributed by atoms with E-state index in [0.29, 0.717) is 0 Å². The molecule has 1 heterocycles. The van der Waals surface area contributed by atoms with Gasteiger partial charge in [-0.3, -0.25) is 13.9 Å². The van der Waals surface area contributed by atoms with Gasteiger partial charge in [-0.25, -0.2) is 9.79 Å². The number of hydrogen-bond acceptors (Lipinski definition) is 5. The lowest BCUT2D eigenvalue weighted by Crippen LogP contribution is -2.38. The Morgan fingerprint density at radius 3 is 2.58 bits per heavy atom. The maximum atomic E-state index is 11.8. The normalized spacial score (nSPS) is 15.8. The fourth-order valence-corrected chi connectivity index (χ4v) is 2.66.